The maximum Gasteiger partial charge on any atom is 0.119 e. The monoisotopic (exact) mass is 281 g/mol. The molecule has 0 saturated carbocycles. The van der Waals surface area contributed by atoms with Crippen LogP contribution in [0.1, 0.15) is 18.1 Å². The van der Waals surface area contributed by atoms with Crippen LogP contribution < -0.4 is 4.74 Å². The van der Waals surface area contributed by atoms with Gasteiger partial charge in [-0.1, -0.05) is 54.6 Å². The van der Waals surface area contributed by atoms with Crippen molar-refractivity contribution >= 4 is 6.08 Å². The standard InChI is InChI=1S/C19H23NO/c1-16(20(2)3)9-10-17-11-13-19(14-12-17)21-15-18-7-5-4-6-8-18/h4-14,16H,15H2,1-3H3. The summed E-state index contributed by atoms with van der Waals surface area (Å²) in [5, 5.41) is 0. The third-order valence-electron chi connectivity index (χ3n) is 3.51. The van der Waals surface area contributed by atoms with E-state index in [1.54, 1.807) is 0 Å². The van der Waals surface area contributed by atoms with E-state index >= 15 is 0 Å². The van der Waals surface area contributed by atoms with Crippen LogP contribution >= 0.6 is 0 Å². The van der Waals surface area contributed by atoms with Crippen LogP contribution in [0.5, 0.6) is 5.75 Å². The molecule has 0 spiro atoms. The topological polar surface area (TPSA) is 12.5 Å². The third kappa shape index (κ3) is 5.09. The molecule has 0 N–H and O–H groups in total. The predicted molar refractivity (Wildman–Crippen MR) is 89.4 cm³/mol. The fourth-order valence-electron chi connectivity index (χ4n) is 1.84. The fourth-order valence-corrected chi connectivity index (χ4v) is 1.84. The maximum absolute atomic E-state index is 5.78. The minimum atomic E-state index is 0.430. The summed E-state index contributed by atoms with van der Waals surface area (Å²) in [6.45, 7) is 2.78. The molecule has 2 aromatic carbocycles. The lowest BCUT2D eigenvalue weighted by Gasteiger charge is -2.15. The molecule has 1 atom stereocenters. The van der Waals surface area contributed by atoms with Crippen LogP contribution in [0.4, 0.5) is 0 Å². The molecule has 1 unspecified atom stereocenters. The number of nitrogens with zero attached hydrogens (tertiary/aromatic N) is 1. The van der Waals surface area contributed by atoms with Crippen molar-refractivity contribution in [3.63, 3.8) is 0 Å². The summed E-state index contributed by atoms with van der Waals surface area (Å²) in [6, 6.07) is 18.8. The van der Waals surface area contributed by atoms with Gasteiger partial charge < -0.3 is 9.64 Å². The van der Waals surface area contributed by atoms with Crippen LogP contribution in [0.15, 0.2) is 60.7 Å². The lowest BCUT2D eigenvalue weighted by Crippen LogP contribution is -2.21. The Hall–Kier alpha value is -2.06. The number of rotatable bonds is 6. The Bertz CT molecular complexity index is 558. The van der Waals surface area contributed by atoms with Crippen LogP contribution in [0.3, 0.4) is 0 Å². The molecule has 0 heterocycles. The molecular weight excluding hydrogens is 258 g/mol. The third-order valence-corrected chi connectivity index (χ3v) is 3.51. The smallest absolute Gasteiger partial charge is 0.119 e. The highest BCUT2D eigenvalue weighted by Crippen LogP contribution is 2.15. The van der Waals surface area contributed by atoms with E-state index in [1.807, 2.05) is 30.3 Å². The molecule has 0 aliphatic heterocycles. The van der Waals surface area contributed by atoms with Crippen molar-refractivity contribution in [2.45, 2.75) is 19.6 Å². The first-order chi connectivity index (χ1) is 10.1. The van der Waals surface area contributed by atoms with E-state index in [0.29, 0.717) is 12.6 Å². The molecule has 2 aromatic rings. The average Bonchev–Trinajstić information content (AvgIpc) is 2.52. The summed E-state index contributed by atoms with van der Waals surface area (Å²) >= 11 is 0. The summed E-state index contributed by atoms with van der Waals surface area (Å²) in [4.78, 5) is 2.17. The second-order valence-electron chi connectivity index (χ2n) is 5.41. The van der Waals surface area contributed by atoms with Crippen molar-refractivity contribution in [2.24, 2.45) is 0 Å². The van der Waals surface area contributed by atoms with Crippen LogP contribution in [0.25, 0.3) is 6.08 Å². The number of likely N-dealkylation sites (N-methyl/N-ethyl adjacent to an activating group) is 1. The highest BCUT2D eigenvalue weighted by molar-refractivity contribution is 5.51. The van der Waals surface area contributed by atoms with Gasteiger partial charge in [-0.05, 0) is 44.3 Å². The van der Waals surface area contributed by atoms with Crippen molar-refractivity contribution in [1.82, 2.24) is 4.90 Å². The molecule has 0 aliphatic carbocycles. The van der Waals surface area contributed by atoms with Crippen LogP contribution in [-0.2, 0) is 6.61 Å². The van der Waals surface area contributed by atoms with Crippen molar-refractivity contribution in [3.8, 4) is 5.75 Å². The summed E-state index contributed by atoms with van der Waals surface area (Å²) in [6.07, 6.45) is 4.34. The molecule has 2 nitrogen and oxygen atoms in total. The minimum Gasteiger partial charge on any atom is -0.489 e. The zero-order valence-corrected chi connectivity index (χ0v) is 13.0. The highest BCUT2D eigenvalue weighted by Gasteiger charge is 1.99. The van der Waals surface area contributed by atoms with Gasteiger partial charge in [0.05, 0.1) is 0 Å². The van der Waals surface area contributed by atoms with Gasteiger partial charge in [-0.3, -0.25) is 0 Å². The Labute approximate surface area is 127 Å². The Morgan fingerprint density at radius 1 is 1.00 bits per heavy atom. The maximum atomic E-state index is 5.78. The molecule has 2 heteroatoms. The molecule has 0 bridgehead atoms. The van der Waals surface area contributed by atoms with E-state index in [2.05, 4.69) is 62.3 Å². The van der Waals surface area contributed by atoms with E-state index in [-0.39, 0.29) is 0 Å². The Balaban J connectivity index is 1.90. The largest absolute Gasteiger partial charge is 0.489 e. The fraction of sp³-hybridized carbons (Fsp3) is 0.263. The van der Waals surface area contributed by atoms with Gasteiger partial charge in [0.1, 0.15) is 12.4 Å². The molecule has 0 saturated heterocycles. The van der Waals surface area contributed by atoms with Crippen LogP contribution in [0, 0.1) is 0 Å². The molecule has 0 aromatic heterocycles. The molecule has 2 rings (SSSR count). The van der Waals surface area contributed by atoms with Crippen molar-refractivity contribution in [3.05, 3.63) is 71.8 Å². The van der Waals surface area contributed by atoms with Crippen molar-refractivity contribution in [2.75, 3.05) is 14.1 Å². The number of benzene rings is 2. The number of hydrogen-bond acceptors (Lipinski definition) is 2. The van der Waals surface area contributed by atoms with Gasteiger partial charge in [0, 0.05) is 6.04 Å². The lowest BCUT2D eigenvalue weighted by atomic mass is 10.1. The normalized spacial score (nSPS) is 12.8. The highest BCUT2D eigenvalue weighted by atomic mass is 16.5. The van der Waals surface area contributed by atoms with Gasteiger partial charge in [-0.15, -0.1) is 0 Å². The van der Waals surface area contributed by atoms with E-state index < -0.39 is 0 Å². The first-order valence-corrected chi connectivity index (χ1v) is 7.26. The molecular formula is C19H23NO. The molecule has 0 fully saturated rings. The first-order valence-electron chi connectivity index (χ1n) is 7.26. The zero-order valence-electron chi connectivity index (χ0n) is 13.0. The van der Waals surface area contributed by atoms with Crippen molar-refractivity contribution in [1.29, 1.82) is 0 Å². The molecule has 0 radical (unpaired) electrons. The van der Waals surface area contributed by atoms with Gasteiger partial charge >= 0.3 is 0 Å². The van der Waals surface area contributed by atoms with Gasteiger partial charge in [0.25, 0.3) is 0 Å². The van der Waals surface area contributed by atoms with Crippen LogP contribution in [0.2, 0.25) is 0 Å². The van der Waals surface area contributed by atoms with E-state index in [1.165, 1.54) is 11.1 Å². The minimum absolute atomic E-state index is 0.430. The Kier molecular flexibility index (Phi) is 5.59. The average molecular weight is 281 g/mol. The van der Waals surface area contributed by atoms with Gasteiger partial charge in [0.2, 0.25) is 0 Å². The summed E-state index contributed by atoms with van der Waals surface area (Å²) in [5.41, 5.74) is 2.37. The second-order valence-corrected chi connectivity index (χ2v) is 5.41. The van der Waals surface area contributed by atoms with Gasteiger partial charge in [-0.2, -0.15) is 0 Å². The zero-order chi connectivity index (χ0) is 15.1. The molecule has 21 heavy (non-hydrogen) atoms. The molecule has 0 aliphatic rings. The quantitative estimate of drug-likeness (QED) is 0.785. The predicted octanol–water partition coefficient (Wildman–Crippen LogP) is 4.23. The summed E-state index contributed by atoms with van der Waals surface area (Å²) in [7, 11) is 4.16. The van der Waals surface area contributed by atoms with Crippen LogP contribution in [-0.4, -0.2) is 25.0 Å². The lowest BCUT2D eigenvalue weighted by molar-refractivity contribution is 0.306. The van der Waals surface area contributed by atoms with Gasteiger partial charge in [0.15, 0.2) is 0 Å². The van der Waals surface area contributed by atoms with E-state index in [4.69, 9.17) is 4.74 Å². The first kappa shape index (κ1) is 15.3. The summed E-state index contributed by atoms with van der Waals surface area (Å²) in [5.74, 6) is 0.900. The van der Waals surface area contributed by atoms with Crippen molar-refractivity contribution < 1.29 is 4.74 Å². The van der Waals surface area contributed by atoms with Gasteiger partial charge in [-0.25, -0.2) is 0 Å². The SMILES string of the molecule is CC(C=Cc1ccc(OCc2ccccc2)cc1)N(C)C. The second kappa shape index (κ2) is 7.65. The Morgan fingerprint density at radius 3 is 2.29 bits per heavy atom. The molecule has 0 amide bonds. The molecule has 110 valence electrons. The number of ether oxygens (including phenoxy) is 1. The Morgan fingerprint density at radius 2 is 1.67 bits per heavy atom. The summed E-state index contributed by atoms with van der Waals surface area (Å²) < 4.78 is 5.78. The van der Waals surface area contributed by atoms with E-state index in [0.717, 1.165) is 5.75 Å². The van der Waals surface area contributed by atoms with E-state index in [9.17, 15) is 0 Å². The number of hydrogen-bond donors (Lipinski definition) is 0.